The van der Waals surface area contributed by atoms with E-state index in [1.54, 1.807) is 0 Å². The second-order valence-corrected chi connectivity index (χ2v) is 12.0. The van der Waals surface area contributed by atoms with E-state index in [2.05, 4.69) is 111 Å². The largest absolute Gasteiger partial charge is 0.465 e. The summed E-state index contributed by atoms with van der Waals surface area (Å²) in [6.07, 6.45) is 8.00. The molecule has 1 aliphatic carbocycles. The van der Waals surface area contributed by atoms with Gasteiger partial charge in [0.15, 0.2) is 0 Å². The lowest BCUT2D eigenvalue weighted by Gasteiger charge is -2.23. The van der Waals surface area contributed by atoms with Crippen molar-refractivity contribution in [1.82, 2.24) is 0 Å². The fourth-order valence-corrected chi connectivity index (χ4v) is 5.36. The second kappa shape index (κ2) is 15.0. The molecule has 3 aromatic rings. The molecule has 0 atom stereocenters. The Morgan fingerprint density at radius 1 is 0.791 bits per heavy atom. The molecule has 0 unspecified atom stereocenters. The van der Waals surface area contributed by atoms with Crippen LogP contribution < -0.4 is 4.90 Å². The molecule has 0 N–H and O–H groups in total. The number of ether oxygens (including phenoxy) is 1. The monoisotopic (exact) mass is 576 g/mol. The molecule has 0 saturated heterocycles. The highest BCUT2D eigenvalue weighted by Gasteiger charge is 2.26. The van der Waals surface area contributed by atoms with Crippen LogP contribution in [0.4, 0.5) is 5.69 Å². The van der Waals surface area contributed by atoms with Crippen LogP contribution in [-0.2, 0) is 9.53 Å². The highest BCUT2D eigenvalue weighted by atomic mass is 16.5. The number of fused-ring (bicyclic) bond motifs is 1. The van der Waals surface area contributed by atoms with Crippen LogP contribution >= 0.6 is 0 Å². The summed E-state index contributed by atoms with van der Waals surface area (Å²) in [7, 11) is 0. The summed E-state index contributed by atoms with van der Waals surface area (Å²) >= 11 is 0. The number of aliphatic imine (C=N–C) groups is 1. The average Bonchev–Trinajstić information content (AvgIpc) is 3.03. The molecular weight excluding hydrogens is 528 g/mol. The number of aryl methyl sites for hydroxylation is 1. The molecule has 0 aromatic heterocycles. The van der Waals surface area contributed by atoms with Gasteiger partial charge in [0.2, 0.25) is 0 Å². The zero-order valence-corrected chi connectivity index (χ0v) is 27.0. The summed E-state index contributed by atoms with van der Waals surface area (Å²) in [4.78, 5) is 19.6. The van der Waals surface area contributed by atoms with E-state index >= 15 is 0 Å². The predicted molar refractivity (Wildman–Crippen MR) is 183 cm³/mol. The number of hydrogen-bond donors (Lipinski definition) is 0. The molecule has 0 saturated carbocycles. The molecule has 4 heteroatoms. The maximum atomic E-state index is 12.2. The Morgan fingerprint density at radius 3 is 2.05 bits per heavy atom. The summed E-state index contributed by atoms with van der Waals surface area (Å²) in [6.45, 7) is 15.6. The first-order chi connectivity index (χ1) is 20.8. The number of esters is 1. The summed E-state index contributed by atoms with van der Waals surface area (Å²) < 4.78 is 5.49. The number of benzene rings is 3. The van der Waals surface area contributed by atoms with Crippen molar-refractivity contribution in [2.75, 3.05) is 31.1 Å². The first-order valence-corrected chi connectivity index (χ1v) is 15.9. The highest BCUT2D eigenvalue weighted by Crippen LogP contribution is 2.37. The lowest BCUT2D eigenvalue weighted by Crippen LogP contribution is -2.26. The molecule has 43 heavy (non-hydrogen) atoms. The van der Waals surface area contributed by atoms with E-state index in [0.29, 0.717) is 6.61 Å². The normalized spacial score (nSPS) is 14.9. The van der Waals surface area contributed by atoms with Crippen molar-refractivity contribution in [2.45, 2.75) is 67.2 Å². The van der Waals surface area contributed by atoms with Crippen LogP contribution in [0, 0.1) is 12.3 Å². The lowest BCUT2D eigenvalue weighted by atomic mass is 9.83. The van der Waals surface area contributed by atoms with Gasteiger partial charge < -0.3 is 9.64 Å². The van der Waals surface area contributed by atoms with Gasteiger partial charge in [0.25, 0.3) is 0 Å². The number of unbranched alkanes of at least 4 members (excludes halogenated alkanes) is 2. The molecule has 0 heterocycles. The Bertz CT molecular complexity index is 1460. The van der Waals surface area contributed by atoms with E-state index < -0.39 is 5.41 Å². The number of rotatable bonds is 13. The standard InChI is InChI=1S/C39H48N2O2/c1-7-39(5,6)38(42)43-28-14-10-13-27-40-36-26-25-35(33-15-11-12-16-34(33)36)37(30-19-17-29(4)18-20-30)31-21-23-32(24-22-31)41(8-2)9-3/h11-12,15-26H,7-10,13-14,27-28H2,1-6H3. The Balaban J connectivity index is 1.57. The highest BCUT2D eigenvalue weighted by molar-refractivity contribution is 6.19. The Hall–Kier alpha value is -3.92. The summed E-state index contributed by atoms with van der Waals surface area (Å²) in [5.41, 5.74) is 10.3. The minimum atomic E-state index is -0.409. The van der Waals surface area contributed by atoms with Gasteiger partial charge >= 0.3 is 5.97 Å². The van der Waals surface area contributed by atoms with Crippen molar-refractivity contribution < 1.29 is 9.53 Å². The van der Waals surface area contributed by atoms with Gasteiger partial charge in [-0.1, -0.05) is 79.2 Å². The third-order valence-corrected chi connectivity index (χ3v) is 8.55. The maximum Gasteiger partial charge on any atom is 0.311 e. The van der Waals surface area contributed by atoms with Gasteiger partial charge in [-0.2, -0.15) is 0 Å². The van der Waals surface area contributed by atoms with Gasteiger partial charge in [-0.3, -0.25) is 9.79 Å². The van der Waals surface area contributed by atoms with Crippen LogP contribution in [0.2, 0.25) is 0 Å². The van der Waals surface area contributed by atoms with Crippen molar-refractivity contribution in [3.8, 4) is 0 Å². The molecule has 3 aromatic carbocycles. The Kier molecular flexibility index (Phi) is 11.2. The Labute approximate surface area is 259 Å². The first kappa shape index (κ1) is 32.0. The molecule has 0 bridgehead atoms. The fraction of sp³-hybridized carbons (Fsp3) is 0.385. The van der Waals surface area contributed by atoms with Crippen molar-refractivity contribution in [1.29, 1.82) is 0 Å². The topological polar surface area (TPSA) is 41.9 Å². The van der Waals surface area contributed by atoms with Crippen molar-refractivity contribution >= 4 is 28.5 Å². The number of nitrogens with zero attached hydrogens (tertiary/aromatic N) is 2. The minimum Gasteiger partial charge on any atom is -0.465 e. The molecule has 0 fully saturated rings. The zero-order valence-electron chi connectivity index (χ0n) is 27.0. The minimum absolute atomic E-state index is 0.104. The van der Waals surface area contributed by atoms with Crippen LogP contribution in [0.1, 0.15) is 88.1 Å². The van der Waals surface area contributed by atoms with Crippen molar-refractivity contribution in [3.05, 3.63) is 113 Å². The summed E-state index contributed by atoms with van der Waals surface area (Å²) in [5, 5.41) is 0. The molecule has 4 nitrogen and oxygen atoms in total. The molecule has 4 rings (SSSR count). The lowest BCUT2D eigenvalue weighted by molar-refractivity contribution is -0.154. The van der Waals surface area contributed by atoms with Crippen LogP contribution in [0.25, 0.3) is 11.1 Å². The number of carbonyl (C=O) groups is 1. The number of carbonyl (C=O) groups excluding carboxylic acids is 1. The predicted octanol–water partition coefficient (Wildman–Crippen LogP) is 9.31. The first-order valence-electron chi connectivity index (χ1n) is 15.9. The number of hydrogen-bond acceptors (Lipinski definition) is 4. The second-order valence-electron chi connectivity index (χ2n) is 12.0. The van der Waals surface area contributed by atoms with Gasteiger partial charge in [-0.05, 0) is 106 Å². The van der Waals surface area contributed by atoms with E-state index in [-0.39, 0.29) is 5.97 Å². The van der Waals surface area contributed by atoms with E-state index in [1.807, 2.05) is 20.8 Å². The van der Waals surface area contributed by atoms with Gasteiger partial charge in [0.05, 0.1) is 17.7 Å². The fourth-order valence-electron chi connectivity index (χ4n) is 5.36. The van der Waals surface area contributed by atoms with Gasteiger partial charge in [0, 0.05) is 30.9 Å². The molecule has 0 radical (unpaired) electrons. The molecule has 0 aliphatic heterocycles. The van der Waals surface area contributed by atoms with Gasteiger partial charge in [-0.25, -0.2) is 0 Å². The van der Waals surface area contributed by atoms with E-state index in [9.17, 15) is 4.79 Å². The van der Waals surface area contributed by atoms with E-state index in [1.165, 1.54) is 44.7 Å². The van der Waals surface area contributed by atoms with E-state index in [4.69, 9.17) is 9.73 Å². The number of allylic oxidation sites excluding steroid dienone is 3. The molecule has 0 spiro atoms. The summed E-state index contributed by atoms with van der Waals surface area (Å²) in [6, 6.07) is 26.5. The molecule has 0 amide bonds. The molecule has 1 aliphatic rings. The van der Waals surface area contributed by atoms with Gasteiger partial charge in [-0.15, -0.1) is 0 Å². The maximum absolute atomic E-state index is 12.2. The SMILES string of the molecule is CCN(CC)c1ccc(C(=C2C=CC(=NCCCCCOC(=O)C(C)(C)CC)c3ccccc32)c2ccc(C)cc2)cc1. The summed E-state index contributed by atoms with van der Waals surface area (Å²) in [5.74, 6) is -0.104. The van der Waals surface area contributed by atoms with Crippen LogP contribution in [-0.4, -0.2) is 37.9 Å². The van der Waals surface area contributed by atoms with Crippen LogP contribution in [0.3, 0.4) is 0 Å². The van der Waals surface area contributed by atoms with Crippen LogP contribution in [0.5, 0.6) is 0 Å². The van der Waals surface area contributed by atoms with Gasteiger partial charge in [0.1, 0.15) is 0 Å². The Morgan fingerprint density at radius 2 is 1.42 bits per heavy atom. The molecule has 226 valence electrons. The number of anilines is 1. The van der Waals surface area contributed by atoms with E-state index in [0.717, 1.165) is 51.0 Å². The average molecular weight is 577 g/mol. The van der Waals surface area contributed by atoms with Crippen molar-refractivity contribution in [3.63, 3.8) is 0 Å². The van der Waals surface area contributed by atoms with Crippen LogP contribution in [0.15, 0.2) is 89.9 Å². The quantitative estimate of drug-likeness (QED) is 0.150. The zero-order chi connectivity index (χ0) is 30.8. The molecular formula is C39H48N2O2. The van der Waals surface area contributed by atoms with Crippen molar-refractivity contribution in [2.24, 2.45) is 10.4 Å². The third kappa shape index (κ3) is 7.93. The smallest absolute Gasteiger partial charge is 0.311 e. The third-order valence-electron chi connectivity index (χ3n) is 8.55.